The van der Waals surface area contributed by atoms with Crippen molar-refractivity contribution in [1.29, 1.82) is 0 Å². The van der Waals surface area contributed by atoms with Gasteiger partial charge in [0.25, 0.3) is 0 Å². The van der Waals surface area contributed by atoms with Gasteiger partial charge in [-0.2, -0.15) is 0 Å². The van der Waals surface area contributed by atoms with Crippen LogP contribution in [0.3, 0.4) is 0 Å². The molecule has 6 nitrogen and oxygen atoms in total. The lowest BCUT2D eigenvalue weighted by atomic mass is 10.1. The van der Waals surface area contributed by atoms with E-state index in [0.717, 1.165) is 38.6 Å². The van der Waals surface area contributed by atoms with Gasteiger partial charge in [0, 0.05) is 25.2 Å². The second kappa shape index (κ2) is 6.92. The number of carboxylic acid groups (broad SMARTS) is 1. The minimum absolute atomic E-state index is 0.00551. The molecule has 0 bridgehead atoms. The lowest BCUT2D eigenvalue weighted by molar-refractivity contribution is -0.137. The highest BCUT2D eigenvalue weighted by atomic mass is 16.4. The summed E-state index contributed by atoms with van der Waals surface area (Å²) in [5.41, 5.74) is 0. The number of urea groups is 1. The van der Waals surface area contributed by atoms with Crippen molar-refractivity contribution in [3.63, 3.8) is 0 Å². The smallest absolute Gasteiger partial charge is 0.317 e. The molecule has 0 spiro atoms. The number of aliphatic hydroxyl groups is 1. The van der Waals surface area contributed by atoms with Crippen LogP contribution >= 0.6 is 0 Å². The van der Waals surface area contributed by atoms with Gasteiger partial charge < -0.3 is 20.4 Å². The highest BCUT2D eigenvalue weighted by molar-refractivity contribution is 5.76. The molecule has 2 atom stereocenters. The molecule has 0 radical (unpaired) electrons. The quantitative estimate of drug-likeness (QED) is 0.655. The molecule has 1 saturated heterocycles. The van der Waals surface area contributed by atoms with Crippen LogP contribution in [0, 0.1) is 5.92 Å². The number of nitrogens with one attached hydrogen (secondary N) is 1. The Kier molecular flexibility index (Phi) is 5.23. The number of aliphatic carboxylic acids is 1. The van der Waals surface area contributed by atoms with Crippen molar-refractivity contribution in [2.75, 3.05) is 13.2 Å². The topological polar surface area (TPSA) is 89.9 Å². The third-order valence-electron chi connectivity index (χ3n) is 4.23. The maximum Gasteiger partial charge on any atom is 0.317 e. The van der Waals surface area contributed by atoms with Gasteiger partial charge in [-0.1, -0.05) is 0 Å². The summed E-state index contributed by atoms with van der Waals surface area (Å²) in [6, 6.07) is -0.186. The van der Waals surface area contributed by atoms with Gasteiger partial charge in [-0.25, -0.2) is 4.79 Å². The maximum absolute atomic E-state index is 12.3. The van der Waals surface area contributed by atoms with Crippen molar-refractivity contribution in [3.8, 4) is 0 Å². The Bertz CT molecular complexity index is 357. The van der Waals surface area contributed by atoms with E-state index in [0.29, 0.717) is 12.3 Å². The molecule has 2 amide bonds. The molecule has 2 unspecified atom stereocenters. The van der Waals surface area contributed by atoms with E-state index in [-0.39, 0.29) is 31.1 Å². The van der Waals surface area contributed by atoms with Crippen molar-refractivity contribution in [3.05, 3.63) is 0 Å². The first-order valence-corrected chi connectivity index (χ1v) is 7.51. The Morgan fingerprint density at radius 1 is 1.30 bits per heavy atom. The van der Waals surface area contributed by atoms with Gasteiger partial charge >= 0.3 is 12.0 Å². The Hall–Kier alpha value is -1.30. The highest BCUT2D eigenvalue weighted by Gasteiger charge is 2.36. The molecule has 0 aromatic heterocycles. The van der Waals surface area contributed by atoms with E-state index in [1.807, 2.05) is 4.90 Å². The zero-order valence-electron chi connectivity index (χ0n) is 11.8. The van der Waals surface area contributed by atoms with Crippen LogP contribution in [0.25, 0.3) is 0 Å². The first-order valence-electron chi connectivity index (χ1n) is 7.51. The van der Waals surface area contributed by atoms with E-state index in [2.05, 4.69) is 5.32 Å². The van der Waals surface area contributed by atoms with Crippen molar-refractivity contribution in [1.82, 2.24) is 10.2 Å². The molecular weight excluding hydrogens is 260 g/mol. The standard InChI is InChI=1S/C14H24N2O4/c17-8-2-4-11-3-1-7-16(11)14(20)15-12(9-13(18)19)10-5-6-10/h10-12,17H,1-9H2,(H,15,20)(H,18,19). The predicted molar refractivity (Wildman–Crippen MR) is 73.3 cm³/mol. The zero-order valence-corrected chi connectivity index (χ0v) is 11.8. The first-order chi connectivity index (χ1) is 9.61. The fourth-order valence-electron chi connectivity index (χ4n) is 2.99. The van der Waals surface area contributed by atoms with E-state index in [1.54, 1.807) is 0 Å². The van der Waals surface area contributed by atoms with Gasteiger partial charge in [-0.05, 0) is 44.4 Å². The number of carbonyl (C=O) groups is 2. The first kappa shape index (κ1) is 15.1. The summed E-state index contributed by atoms with van der Waals surface area (Å²) in [6.45, 7) is 0.877. The van der Waals surface area contributed by atoms with E-state index >= 15 is 0 Å². The third-order valence-corrected chi connectivity index (χ3v) is 4.23. The number of aliphatic hydroxyl groups excluding tert-OH is 1. The van der Waals surface area contributed by atoms with E-state index < -0.39 is 5.97 Å². The number of hydrogen-bond donors (Lipinski definition) is 3. The fourth-order valence-corrected chi connectivity index (χ4v) is 2.99. The summed E-state index contributed by atoms with van der Waals surface area (Å²) in [5, 5.41) is 20.7. The molecule has 0 aromatic rings. The molecule has 1 aliphatic carbocycles. The van der Waals surface area contributed by atoms with Crippen LogP contribution in [-0.2, 0) is 4.79 Å². The molecule has 114 valence electrons. The number of carboxylic acids is 1. The molecule has 3 N–H and O–H groups in total. The van der Waals surface area contributed by atoms with Crippen molar-refractivity contribution >= 4 is 12.0 Å². The number of carbonyl (C=O) groups excluding carboxylic acids is 1. The number of nitrogens with zero attached hydrogens (tertiary/aromatic N) is 1. The molecule has 0 aromatic carbocycles. The van der Waals surface area contributed by atoms with Crippen molar-refractivity contribution < 1.29 is 19.8 Å². The van der Waals surface area contributed by atoms with Crippen LogP contribution in [0.5, 0.6) is 0 Å². The Morgan fingerprint density at radius 3 is 2.65 bits per heavy atom. The minimum atomic E-state index is -0.861. The molecule has 2 fully saturated rings. The average Bonchev–Trinajstić information content (AvgIpc) is 3.13. The van der Waals surface area contributed by atoms with Crippen LogP contribution in [0.15, 0.2) is 0 Å². The summed E-state index contributed by atoms with van der Waals surface area (Å²) in [5.74, 6) is -0.533. The fraction of sp³-hybridized carbons (Fsp3) is 0.857. The molecular formula is C14H24N2O4. The van der Waals surface area contributed by atoms with E-state index in [1.165, 1.54) is 0 Å². The largest absolute Gasteiger partial charge is 0.481 e. The number of rotatable bonds is 7. The molecule has 1 heterocycles. The van der Waals surface area contributed by atoms with Crippen molar-refractivity contribution in [2.45, 2.75) is 57.0 Å². The van der Waals surface area contributed by atoms with Gasteiger partial charge in [0.2, 0.25) is 0 Å². The van der Waals surface area contributed by atoms with Gasteiger partial charge in [0.1, 0.15) is 0 Å². The number of hydrogen-bond acceptors (Lipinski definition) is 3. The van der Waals surface area contributed by atoms with Crippen LogP contribution in [0.2, 0.25) is 0 Å². The number of likely N-dealkylation sites (tertiary alicyclic amines) is 1. The third kappa shape index (κ3) is 4.10. The predicted octanol–water partition coefficient (Wildman–Crippen LogP) is 1.19. The van der Waals surface area contributed by atoms with E-state index in [9.17, 15) is 9.59 Å². The second-order valence-corrected chi connectivity index (χ2v) is 5.85. The Balaban J connectivity index is 1.86. The van der Waals surface area contributed by atoms with Gasteiger partial charge in [-0.15, -0.1) is 0 Å². The maximum atomic E-state index is 12.3. The van der Waals surface area contributed by atoms with Gasteiger partial charge in [0.05, 0.1) is 6.42 Å². The normalized spacial score (nSPS) is 23.6. The minimum Gasteiger partial charge on any atom is -0.481 e. The molecule has 6 heteroatoms. The van der Waals surface area contributed by atoms with Gasteiger partial charge in [-0.3, -0.25) is 4.79 Å². The van der Waals surface area contributed by atoms with Crippen molar-refractivity contribution in [2.24, 2.45) is 5.92 Å². The van der Waals surface area contributed by atoms with Crippen LogP contribution < -0.4 is 5.32 Å². The van der Waals surface area contributed by atoms with E-state index in [4.69, 9.17) is 10.2 Å². The Morgan fingerprint density at radius 2 is 2.05 bits per heavy atom. The summed E-state index contributed by atoms with van der Waals surface area (Å²) in [6.07, 6.45) is 5.49. The van der Waals surface area contributed by atoms with Gasteiger partial charge in [0.15, 0.2) is 0 Å². The molecule has 20 heavy (non-hydrogen) atoms. The summed E-state index contributed by atoms with van der Waals surface area (Å²) in [4.78, 5) is 25.0. The monoisotopic (exact) mass is 284 g/mol. The molecule has 2 aliphatic rings. The number of amides is 2. The molecule has 2 rings (SSSR count). The Labute approximate surface area is 119 Å². The summed E-state index contributed by atoms with van der Waals surface area (Å²) >= 11 is 0. The lowest BCUT2D eigenvalue weighted by Gasteiger charge is -2.27. The highest BCUT2D eigenvalue weighted by Crippen LogP contribution is 2.34. The lowest BCUT2D eigenvalue weighted by Crippen LogP contribution is -2.48. The molecule has 1 saturated carbocycles. The summed E-state index contributed by atoms with van der Waals surface area (Å²) < 4.78 is 0. The van der Waals surface area contributed by atoms with Crippen LogP contribution in [0.4, 0.5) is 4.79 Å². The second-order valence-electron chi connectivity index (χ2n) is 5.85. The zero-order chi connectivity index (χ0) is 14.5. The summed E-state index contributed by atoms with van der Waals surface area (Å²) in [7, 11) is 0. The van der Waals surface area contributed by atoms with Crippen LogP contribution in [-0.4, -0.2) is 52.3 Å². The molecule has 1 aliphatic heterocycles. The SMILES string of the molecule is O=C(O)CC(NC(=O)N1CCCC1CCCO)C1CC1. The van der Waals surface area contributed by atoms with Crippen LogP contribution in [0.1, 0.15) is 44.9 Å². The average molecular weight is 284 g/mol.